The number of likely N-dealkylation sites (tertiary alicyclic amines) is 1. The maximum absolute atomic E-state index is 12.9. The summed E-state index contributed by atoms with van der Waals surface area (Å²) in [5.41, 5.74) is -0.372. The molecule has 8 nitrogen and oxygen atoms in total. The Morgan fingerprint density at radius 2 is 1.79 bits per heavy atom. The number of rotatable bonds is 6. The lowest BCUT2D eigenvalue weighted by Crippen LogP contribution is -2.42. The van der Waals surface area contributed by atoms with Gasteiger partial charge in [-0.1, -0.05) is 48.5 Å². The first-order chi connectivity index (χ1) is 14.0. The van der Waals surface area contributed by atoms with E-state index in [1.807, 2.05) is 30.3 Å². The fourth-order valence-corrected chi connectivity index (χ4v) is 3.58. The molecular weight excluding hydrogens is 376 g/mol. The van der Waals surface area contributed by atoms with Crippen LogP contribution in [0.5, 0.6) is 0 Å². The van der Waals surface area contributed by atoms with Crippen molar-refractivity contribution in [3.05, 3.63) is 75.8 Å². The third-order valence-electron chi connectivity index (χ3n) is 5.02. The van der Waals surface area contributed by atoms with Gasteiger partial charge < -0.3 is 14.4 Å². The highest BCUT2D eigenvalue weighted by molar-refractivity contribution is 5.87. The van der Waals surface area contributed by atoms with Crippen LogP contribution in [0.3, 0.4) is 0 Å². The molecule has 2 aromatic rings. The molecule has 0 bridgehead atoms. The number of para-hydroxylation sites is 1. The van der Waals surface area contributed by atoms with E-state index in [2.05, 4.69) is 0 Å². The van der Waals surface area contributed by atoms with Crippen molar-refractivity contribution in [2.45, 2.75) is 25.4 Å². The lowest BCUT2D eigenvalue weighted by Gasteiger charge is -2.27. The Bertz CT molecular complexity index is 901. The predicted molar refractivity (Wildman–Crippen MR) is 104 cm³/mol. The Morgan fingerprint density at radius 1 is 1.10 bits per heavy atom. The molecule has 0 saturated carbocycles. The summed E-state index contributed by atoms with van der Waals surface area (Å²) in [6.45, 7) is 2.11. The Balaban J connectivity index is 1.83. The van der Waals surface area contributed by atoms with Crippen molar-refractivity contribution >= 4 is 17.7 Å². The van der Waals surface area contributed by atoms with Gasteiger partial charge in [-0.2, -0.15) is 0 Å². The fraction of sp³-hybridized carbons (Fsp3) is 0.333. The maximum Gasteiger partial charge on any atom is 0.410 e. The van der Waals surface area contributed by atoms with Crippen LogP contribution in [-0.4, -0.2) is 41.6 Å². The van der Waals surface area contributed by atoms with E-state index in [1.165, 1.54) is 11.0 Å². The summed E-state index contributed by atoms with van der Waals surface area (Å²) in [6.07, 6.45) is -0.351. The fourth-order valence-electron chi connectivity index (χ4n) is 3.58. The molecule has 3 rings (SSSR count). The summed E-state index contributed by atoms with van der Waals surface area (Å²) in [6, 6.07) is 15.3. The second-order valence-corrected chi connectivity index (χ2v) is 6.79. The van der Waals surface area contributed by atoms with E-state index in [1.54, 1.807) is 25.1 Å². The van der Waals surface area contributed by atoms with Gasteiger partial charge in [0, 0.05) is 24.7 Å². The second-order valence-electron chi connectivity index (χ2n) is 6.79. The summed E-state index contributed by atoms with van der Waals surface area (Å²) >= 11 is 0. The van der Waals surface area contributed by atoms with E-state index >= 15 is 0 Å². The van der Waals surface area contributed by atoms with Crippen LogP contribution >= 0.6 is 0 Å². The van der Waals surface area contributed by atoms with Gasteiger partial charge in [-0.25, -0.2) is 4.79 Å². The minimum absolute atomic E-state index is 0.0374. The van der Waals surface area contributed by atoms with Gasteiger partial charge in [-0.05, 0) is 18.9 Å². The minimum Gasteiger partial charge on any atom is -0.465 e. The number of ether oxygens (including phenoxy) is 2. The number of carbonyl (C=O) groups excluding carboxylic acids is 2. The normalized spacial score (nSPS) is 18.3. The van der Waals surface area contributed by atoms with E-state index < -0.39 is 22.4 Å². The van der Waals surface area contributed by atoms with Crippen molar-refractivity contribution in [2.75, 3.05) is 19.7 Å². The topological polar surface area (TPSA) is 99.0 Å². The largest absolute Gasteiger partial charge is 0.465 e. The monoisotopic (exact) mass is 398 g/mol. The van der Waals surface area contributed by atoms with E-state index in [0.29, 0.717) is 0 Å². The first kappa shape index (κ1) is 20.3. The molecule has 2 aromatic carbocycles. The molecule has 29 heavy (non-hydrogen) atoms. The van der Waals surface area contributed by atoms with Crippen LogP contribution in [0, 0.1) is 10.1 Å². The number of esters is 1. The average Bonchev–Trinajstić information content (AvgIpc) is 3.20. The quantitative estimate of drug-likeness (QED) is 0.420. The molecule has 1 atom stereocenters. The highest BCUT2D eigenvalue weighted by Gasteiger charge is 2.52. The van der Waals surface area contributed by atoms with Crippen LogP contribution in [0.25, 0.3) is 0 Å². The molecule has 1 aliphatic heterocycles. The van der Waals surface area contributed by atoms with Crippen LogP contribution in [0.2, 0.25) is 0 Å². The van der Waals surface area contributed by atoms with Gasteiger partial charge >= 0.3 is 12.1 Å². The van der Waals surface area contributed by atoms with Crippen molar-refractivity contribution in [3.8, 4) is 0 Å². The zero-order valence-electron chi connectivity index (χ0n) is 16.1. The molecule has 1 fully saturated rings. The van der Waals surface area contributed by atoms with Gasteiger partial charge in [0.15, 0.2) is 0 Å². The number of hydrogen-bond donors (Lipinski definition) is 0. The molecule has 0 aromatic heterocycles. The molecule has 0 spiro atoms. The summed E-state index contributed by atoms with van der Waals surface area (Å²) in [5.74, 6) is -0.576. The highest BCUT2D eigenvalue weighted by Crippen LogP contribution is 2.40. The minimum atomic E-state index is -1.30. The van der Waals surface area contributed by atoms with Gasteiger partial charge in [-0.15, -0.1) is 0 Å². The van der Waals surface area contributed by atoms with Crippen LogP contribution in [0.15, 0.2) is 54.6 Å². The molecule has 0 aliphatic carbocycles. The Hall–Kier alpha value is -3.42. The Morgan fingerprint density at radius 3 is 2.48 bits per heavy atom. The molecule has 1 aliphatic rings. The number of nitro groups is 1. The van der Waals surface area contributed by atoms with Gasteiger partial charge in [0.05, 0.1) is 11.5 Å². The van der Waals surface area contributed by atoms with Crippen molar-refractivity contribution in [1.29, 1.82) is 0 Å². The number of hydrogen-bond acceptors (Lipinski definition) is 6. The van der Waals surface area contributed by atoms with E-state index in [0.717, 1.165) is 5.56 Å². The highest BCUT2D eigenvalue weighted by atomic mass is 16.6. The zero-order chi connectivity index (χ0) is 20.9. The maximum atomic E-state index is 12.9. The van der Waals surface area contributed by atoms with Crippen LogP contribution in [-0.2, 0) is 26.3 Å². The third-order valence-corrected chi connectivity index (χ3v) is 5.02. The summed E-state index contributed by atoms with van der Waals surface area (Å²) in [4.78, 5) is 37.8. The van der Waals surface area contributed by atoms with Crippen LogP contribution < -0.4 is 0 Å². The SMILES string of the molecule is CCOC(=O)C1(c2ccccc2[N+](=O)[O-])CCN(C(=O)OCc2ccccc2)C1. The van der Waals surface area contributed by atoms with E-state index in [4.69, 9.17) is 9.47 Å². The van der Waals surface area contributed by atoms with Crippen molar-refractivity contribution in [3.63, 3.8) is 0 Å². The second kappa shape index (κ2) is 8.72. The van der Waals surface area contributed by atoms with Gasteiger partial charge in [0.25, 0.3) is 5.69 Å². The first-order valence-electron chi connectivity index (χ1n) is 9.34. The molecular formula is C21H22N2O6. The van der Waals surface area contributed by atoms with Crippen molar-refractivity contribution < 1.29 is 24.0 Å². The van der Waals surface area contributed by atoms with Crippen LogP contribution in [0.4, 0.5) is 10.5 Å². The smallest absolute Gasteiger partial charge is 0.410 e. The van der Waals surface area contributed by atoms with Crippen molar-refractivity contribution in [2.24, 2.45) is 0 Å². The van der Waals surface area contributed by atoms with Crippen molar-refractivity contribution in [1.82, 2.24) is 4.90 Å². The van der Waals surface area contributed by atoms with Gasteiger partial charge in [0.2, 0.25) is 0 Å². The number of benzene rings is 2. The number of nitrogens with zero attached hydrogens (tertiary/aromatic N) is 2. The standard InChI is InChI=1S/C21H22N2O6/c1-2-28-19(24)21(17-10-6-7-11-18(17)23(26)27)12-13-22(15-21)20(25)29-14-16-8-4-3-5-9-16/h3-11H,2,12-15H2,1H3. The third kappa shape index (κ3) is 4.21. The zero-order valence-corrected chi connectivity index (χ0v) is 16.1. The first-order valence-corrected chi connectivity index (χ1v) is 9.34. The molecule has 152 valence electrons. The Kier molecular flexibility index (Phi) is 6.11. The average molecular weight is 398 g/mol. The van der Waals surface area contributed by atoms with E-state index in [-0.39, 0.29) is 44.0 Å². The molecule has 1 heterocycles. The number of amides is 1. The molecule has 0 N–H and O–H groups in total. The summed E-state index contributed by atoms with van der Waals surface area (Å²) in [7, 11) is 0. The Labute approximate surface area is 168 Å². The predicted octanol–water partition coefficient (Wildman–Crippen LogP) is 3.44. The van der Waals surface area contributed by atoms with Crippen LogP contribution in [0.1, 0.15) is 24.5 Å². The summed E-state index contributed by atoms with van der Waals surface area (Å²) in [5, 5.41) is 11.5. The number of carbonyl (C=O) groups is 2. The van der Waals surface area contributed by atoms with Gasteiger partial charge in [0.1, 0.15) is 12.0 Å². The molecule has 8 heteroatoms. The molecule has 1 amide bonds. The number of nitro benzene ring substituents is 1. The van der Waals surface area contributed by atoms with E-state index in [9.17, 15) is 19.7 Å². The lowest BCUT2D eigenvalue weighted by molar-refractivity contribution is -0.386. The lowest BCUT2D eigenvalue weighted by atomic mass is 9.78. The van der Waals surface area contributed by atoms with Gasteiger partial charge in [-0.3, -0.25) is 14.9 Å². The summed E-state index contributed by atoms with van der Waals surface area (Å²) < 4.78 is 10.6. The molecule has 1 unspecified atom stereocenters. The molecule has 0 radical (unpaired) electrons. The molecule has 1 saturated heterocycles.